The summed E-state index contributed by atoms with van der Waals surface area (Å²) in [6.45, 7) is 19.7. The van der Waals surface area contributed by atoms with E-state index >= 15 is 0 Å². The number of rotatable bonds is 4. The van der Waals surface area contributed by atoms with Gasteiger partial charge in [0.05, 0.1) is 25.2 Å². The Bertz CT molecular complexity index is 1130. The lowest BCUT2D eigenvalue weighted by molar-refractivity contribution is -0.216. The summed E-state index contributed by atoms with van der Waals surface area (Å²) in [5, 5.41) is 10.4. The summed E-state index contributed by atoms with van der Waals surface area (Å²) in [7, 11) is 1.33. The van der Waals surface area contributed by atoms with Gasteiger partial charge in [-0.25, -0.2) is 14.4 Å². The van der Waals surface area contributed by atoms with Crippen molar-refractivity contribution in [3.05, 3.63) is 37.0 Å². The highest BCUT2D eigenvalue weighted by Gasteiger charge is 2.59. The van der Waals surface area contributed by atoms with E-state index in [1.54, 1.807) is 13.8 Å². The quantitative estimate of drug-likeness (QED) is 0.242. The molecule has 0 aromatic heterocycles. The summed E-state index contributed by atoms with van der Waals surface area (Å²) in [5.41, 5.74) is -0.483. The van der Waals surface area contributed by atoms with Gasteiger partial charge in [-0.3, -0.25) is 4.79 Å². The van der Waals surface area contributed by atoms with E-state index in [1.807, 2.05) is 20.8 Å². The largest absolute Gasteiger partial charge is 0.466 e. The molecule has 9 heteroatoms. The van der Waals surface area contributed by atoms with Crippen molar-refractivity contribution in [2.75, 3.05) is 13.7 Å². The average molecular weight is 617 g/mol. The van der Waals surface area contributed by atoms with Crippen LogP contribution in [0.5, 0.6) is 0 Å². The lowest BCUT2D eigenvalue weighted by atomic mass is 9.52. The monoisotopic (exact) mass is 616 g/mol. The first-order chi connectivity index (χ1) is 20.4. The Balaban J connectivity index is 0.000000168. The van der Waals surface area contributed by atoms with Crippen molar-refractivity contribution in [2.45, 2.75) is 109 Å². The first-order valence-electron chi connectivity index (χ1n) is 15.8. The lowest BCUT2D eigenvalue weighted by Crippen LogP contribution is -2.60. The third-order valence-electron chi connectivity index (χ3n) is 9.52. The minimum absolute atomic E-state index is 0.0993. The van der Waals surface area contributed by atoms with Crippen LogP contribution in [0.3, 0.4) is 0 Å². The van der Waals surface area contributed by atoms with Crippen LogP contribution in [0, 0.1) is 35.5 Å². The highest BCUT2D eigenvalue weighted by atomic mass is 16.6. The fourth-order valence-electron chi connectivity index (χ4n) is 8.34. The van der Waals surface area contributed by atoms with Crippen LogP contribution in [0.15, 0.2) is 37.0 Å². The summed E-state index contributed by atoms with van der Waals surface area (Å²) in [5.74, 6) is 2.62. The molecule has 6 aliphatic carbocycles. The Morgan fingerprint density at radius 1 is 0.955 bits per heavy atom. The molecule has 44 heavy (non-hydrogen) atoms. The topological polar surface area (TPSA) is 125 Å². The predicted molar refractivity (Wildman–Crippen MR) is 165 cm³/mol. The number of ether oxygens (including phenoxy) is 4. The molecular weight excluding hydrogens is 564 g/mol. The Kier molecular flexibility index (Phi) is 11.3. The normalized spacial score (nSPS) is 34.8. The fraction of sp³-hybridized carbons (Fsp3) is 0.714. The van der Waals surface area contributed by atoms with Crippen LogP contribution >= 0.6 is 0 Å². The summed E-state index contributed by atoms with van der Waals surface area (Å²) in [6.07, 6.45) is 10.7. The fourth-order valence-corrected chi connectivity index (χ4v) is 8.34. The first kappa shape index (κ1) is 35.5. The second-order valence-electron chi connectivity index (χ2n) is 14.7. The molecule has 0 amide bonds. The molecular formula is C35H52O9. The number of hydrogen-bond donors (Lipinski definition) is 1. The number of esters is 4. The minimum Gasteiger partial charge on any atom is -0.466 e. The van der Waals surface area contributed by atoms with Gasteiger partial charge in [0, 0.05) is 29.6 Å². The highest BCUT2D eigenvalue weighted by Crippen LogP contribution is 2.59. The molecule has 9 nitrogen and oxygen atoms in total. The van der Waals surface area contributed by atoms with Crippen LogP contribution < -0.4 is 0 Å². The van der Waals surface area contributed by atoms with Crippen LogP contribution in [0.4, 0.5) is 0 Å². The standard InChI is InChI=1S/C13H18O3.C9H12O2.C8H14O2.C5H8O2/c1-2-11(14)16-13-6-9-3-10(7-13)5-12(15,4-9)8-13;10-9-8-6-2-1-5(3-6)7(8)4-11-9;1-6(2)7(9)10-8(3,4)5;1-4(2)5(6)7-3/h2,9-10,15H,1,3-8H2;5-8H,1-4H2;1H2,2-5H3;1H2,2-3H3. The molecule has 7 rings (SSSR count). The summed E-state index contributed by atoms with van der Waals surface area (Å²) >= 11 is 0. The number of hydrogen-bond acceptors (Lipinski definition) is 9. The molecule has 6 bridgehead atoms. The van der Waals surface area contributed by atoms with Gasteiger partial charge < -0.3 is 24.1 Å². The zero-order chi connectivity index (χ0) is 33.0. The molecule has 0 aromatic rings. The van der Waals surface area contributed by atoms with Crippen molar-refractivity contribution in [1.82, 2.24) is 0 Å². The van der Waals surface area contributed by atoms with Crippen molar-refractivity contribution in [1.29, 1.82) is 0 Å². The van der Waals surface area contributed by atoms with Gasteiger partial charge in [0.25, 0.3) is 0 Å². The van der Waals surface area contributed by atoms with E-state index < -0.39 is 11.2 Å². The molecule has 7 fully saturated rings. The molecule has 1 aliphatic heterocycles. The lowest BCUT2D eigenvalue weighted by Gasteiger charge is -2.59. The Hall–Kier alpha value is -2.94. The zero-order valence-corrected chi connectivity index (χ0v) is 27.4. The Morgan fingerprint density at radius 3 is 1.93 bits per heavy atom. The van der Waals surface area contributed by atoms with Crippen molar-refractivity contribution in [2.24, 2.45) is 35.5 Å². The molecule has 1 N–H and O–H groups in total. The summed E-state index contributed by atoms with van der Waals surface area (Å²) < 4.78 is 19.8. The molecule has 0 radical (unpaired) electrons. The maximum absolute atomic E-state index is 11.4. The Morgan fingerprint density at radius 2 is 1.52 bits per heavy atom. The van der Waals surface area contributed by atoms with Crippen LogP contribution in [0.25, 0.3) is 0 Å². The zero-order valence-electron chi connectivity index (χ0n) is 27.4. The number of methoxy groups -OCH3 is 1. The molecule has 6 unspecified atom stereocenters. The van der Waals surface area contributed by atoms with Crippen molar-refractivity contribution in [3.8, 4) is 0 Å². The number of carbonyl (C=O) groups is 4. The minimum atomic E-state index is -0.564. The molecule has 6 saturated carbocycles. The first-order valence-corrected chi connectivity index (χ1v) is 15.8. The number of fused-ring (bicyclic) bond motifs is 5. The van der Waals surface area contributed by atoms with E-state index in [0.717, 1.165) is 38.2 Å². The molecule has 1 heterocycles. The van der Waals surface area contributed by atoms with Crippen molar-refractivity contribution >= 4 is 23.9 Å². The number of cyclic esters (lactones) is 1. The molecule has 0 spiro atoms. The van der Waals surface area contributed by atoms with E-state index in [9.17, 15) is 24.3 Å². The summed E-state index contributed by atoms with van der Waals surface area (Å²) in [6, 6.07) is 0. The van der Waals surface area contributed by atoms with Gasteiger partial charge in [0.2, 0.25) is 0 Å². The smallest absolute Gasteiger partial charge is 0.333 e. The second-order valence-corrected chi connectivity index (χ2v) is 14.7. The van der Waals surface area contributed by atoms with Crippen LogP contribution in [-0.2, 0) is 38.1 Å². The van der Waals surface area contributed by atoms with Crippen molar-refractivity contribution < 1.29 is 43.2 Å². The predicted octanol–water partition coefficient (Wildman–Crippen LogP) is 5.64. The van der Waals surface area contributed by atoms with Crippen LogP contribution in [0.1, 0.15) is 92.4 Å². The van der Waals surface area contributed by atoms with E-state index in [4.69, 9.17) is 14.2 Å². The van der Waals surface area contributed by atoms with Gasteiger partial charge in [-0.15, -0.1) is 0 Å². The van der Waals surface area contributed by atoms with Gasteiger partial charge in [-0.05, 0) is 110 Å². The number of aliphatic hydroxyl groups is 1. The van der Waals surface area contributed by atoms with Crippen LogP contribution in [-0.4, -0.2) is 59.5 Å². The van der Waals surface area contributed by atoms with E-state index in [1.165, 1.54) is 38.9 Å². The maximum Gasteiger partial charge on any atom is 0.333 e. The maximum atomic E-state index is 11.4. The number of carbonyl (C=O) groups excluding carboxylic acids is 4. The summed E-state index contributed by atoms with van der Waals surface area (Å²) in [4.78, 5) is 43.6. The molecule has 0 aromatic carbocycles. The van der Waals surface area contributed by atoms with Gasteiger partial charge in [-0.1, -0.05) is 19.7 Å². The van der Waals surface area contributed by atoms with E-state index in [0.29, 0.717) is 47.2 Å². The second kappa shape index (κ2) is 14.0. The third kappa shape index (κ3) is 9.05. The van der Waals surface area contributed by atoms with E-state index in [-0.39, 0.29) is 29.5 Å². The molecule has 1 saturated heterocycles. The van der Waals surface area contributed by atoms with Gasteiger partial charge in [0.15, 0.2) is 0 Å². The molecule has 6 atom stereocenters. The average Bonchev–Trinajstić information content (AvgIpc) is 3.62. The van der Waals surface area contributed by atoms with Gasteiger partial charge in [-0.2, -0.15) is 0 Å². The van der Waals surface area contributed by atoms with Gasteiger partial charge >= 0.3 is 23.9 Å². The third-order valence-corrected chi connectivity index (χ3v) is 9.52. The SMILES string of the molecule is C=C(C)C(=O)OC.C=C(C)C(=O)OC(C)(C)C.C=CC(=O)OC12CC3CC(CC(O)(C3)C1)C2.O=C1OCC2C3CCC(C3)C12. The molecule has 246 valence electrons. The van der Waals surface area contributed by atoms with Crippen LogP contribution in [0.2, 0.25) is 0 Å². The Labute approximate surface area is 262 Å². The van der Waals surface area contributed by atoms with E-state index in [2.05, 4.69) is 24.5 Å². The van der Waals surface area contributed by atoms with Gasteiger partial charge in [0.1, 0.15) is 11.2 Å². The van der Waals surface area contributed by atoms with Crippen molar-refractivity contribution in [3.63, 3.8) is 0 Å². The molecule has 7 aliphatic rings. The highest BCUT2D eigenvalue weighted by molar-refractivity contribution is 5.87.